The van der Waals surface area contributed by atoms with Crippen molar-refractivity contribution in [1.82, 2.24) is 0 Å². The van der Waals surface area contributed by atoms with Gasteiger partial charge in [-0.25, -0.2) is 13.2 Å². The van der Waals surface area contributed by atoms with Crippen LogP contribution < -0.4 is 39.7 Å². The summed E-state index contributed by atoms with van der Waals surface area (Å²) in [6.07, 6.45) is 0. The van der Waals surface area contributed by atoms with E-state index >= 15 is 0 Å². The Morgan fingerprint density at radius 3 is 2.00 bits per heavy atom. The molecule has 226 valence electrons. The number of sulfone groups is 1. The van der Waals surface area contributed by atoms with Crippen molar-refractivity contribution >= 4 is 65.7 Å². The molecule has 3 rings (SSSR count). The number of ether oxygens (including phenoxy) is 1. The van der Waals surface area contributed by atoms with E-state index in [0.29, 0.717) is 23.5 Å². The highest BCUT2D eigenvalue weighted by atomic mass is 32.2. The summed E-state index contributed by atoms with van der Waals surface area (Å²) in [7, 11) is -6.26. The first-order valence-corrected chi connectivity index (χ1v) is 14.8. The number of aliphatic hydroxyl groups is 1. The number of hydrogen-bond acceptors (Lipinski definition) is 14. The maximum Gasteiger partial charge on any atom is 0.339 e. The minimum atomic E-state index is -4.44. The van der Waals surface area contributed by atoms with Crippen LogP contribution in [0.4, 0.5) is 39.8 Å². The minimum Gasteiger partial charge on any atom is -0.465 e. The summed E-state index contributed by atoms with van der Waals surface area (Å²) in [6.45, 7) is -0.0214. The maximum absolute atomic E-state index is 11.3. The number of nitrogens with one attached hydrogen (secondary N) is 1. The van der Waals surface area contributed by atoms with E-state index in [1.807, 2.05) is 6.07 Å². The highest BCUT2D eigenvalue weighted by molar-refractivity contribution is 7.91. The van der Waals surface area contributed by atoms with Crippen molar-refractivity contribution in [3.8, 4) is 0 Å². The van der Waals surface area contributed by atoms with Crippen molar-refractivity contribution in [3.05, 3.63) is 60.2 Å². The van der Waals surface area contributed by atoms with Crippen LogP contribution in [0.25, 0.3) is 0 Å². The van der Waals surface area contributed by atoms with Gasteiger partial charge in [-0.2, -0.15) is 8.42 Å². The zero-order valence-electron chi connectivity index (χ0n) is 22.1. The van der Waals surface area contributed by atoms with Gasteiger partial charge in [0.2, 0.25) is 0 Å². The molecule has 17 heteroatoms. The van der Waals surface area contributed by atoms with Crippen molar-refractivity contribution in [2.75, 3.05) is 71.5 Å². The lowest BCUT2D eigenvalue weighted by Crippen LogP contribution is -2.20. The smallest absolute Gasteiger partial charge is 0.339 e. The molecule has 0 spiro atoms. The molecule has 0 heterocycles. The number of methoxy groups -OCH3 is 1. The molecule has 0 saturated heterocycles. The second kappa shape index (κ2) is 15.4. The largest absolute Gasteiger partial charge is 0.465 e. The molecule has 0 aliphatic rings. The standard InChI is InChI=1S/C10H16N2O3S.C8H9NO2.C6H10N4O3S/c11-9-2-1-3-10(8-9)12-4-6-16(14,15)7-5-13;1-11-8(10)6-4-2-3-5-7(6)9;7-2-1-3(14(11,12)13)5(9)6(10)4(2)8/h1-3,8,12-13H,4-7,11H2;2-5H,9H2,1H3;1H,7-10H2,(H,11,12,13). The highest BCUT2D eigenvalue weighted by Crippen LogP contribution is 2.34. The van der Waals surface area contributed by atoms with Crippen molar-refractivity contribution < 1.29 is 36.0 Å². The molecule has 0 aliphatic carbocycles. The van der Waals surface area contributed by atoms with E-state index in [9.17, 15) is 21.6 Å². The lowest BCUT2D eigenvalue weighted by molar-refractivity contribution is 0.0602. The number of aliphatic hydroxyl groups excluding tert-OH is 1. The van der Waals surface area contributed by atoms with E-state index in [-0.39, 0.29) is 40.9 Å². The molecular weight excluding hydrogens is 578 g/mol. The van der Waals surface area contributed by atoms with E-state index in [4.69, 9.17) is 44.1 Å². The Morgan fingerprint density at radius 2 is 1.46 bits per heavy atom. The van der Waals surface area contributed by atoms with Crippen LogP contribution >= 0.6 is 0 Å². The normalized spacial score (nSPS) is 10.8. The number of nitrogen functional groups attached to an aromatic ring is 6. The van der Waals surface area contributed by atoms with Crippen LogP contribution in [-0.2, 0) is 24.7 Å². The molecule has 0 fully saturated rings. The van der Waals surface area contributed by atoms with Gasteiger partial charge in [-0.05, 0) is 36.4 Å². The predicted molar refractivity (Wildman–Crippen MR) is 161 cm³/mol. The molecule has 0 radical (unpaired) electrons. The van der Waals surface area contributed by atoms with Gasteiger partial charge >= 0.3 is 5.97 Å². The number of nitrogens with two attached hydrogens (primary N) is 6. The average Bonchev–Trinajstić information content (AvgIpc) is 2.89. The van der Waals surface area contributed by atoms with E-state index in [2.05, 4.69) is 10.1 Å². The quantitative estimate of drug-likeness (QED) is 0.0943. The van der Waals surface area contributed by atoms with Crippen molar-refractivity contribution in [2.24, 2.45) is 0 Å². The van der Waals surface area contributed by atoms with Gasteiger partial charge in [0.25, 0.3) is 10.1 Å². The van der Waals surface area contributed by atoms with Gasteiger partial charge in [0, 0.05) is 23.6 Å². The van der Waals surface area contributed by atoms with Crippen molar-refractivity contribution in [3.63, 3.8) is 0 Å². The Labute approximate surface area is 238 Å². The van der Waals surface area contributed by atoms with Crippen LogP contribution in [0.1, 0.15) is 10.4 Å². The van der Waals surface area contributed by atoms with E-state index in [1.165, 1.54) is 7.11 Å². The summed E-state index contributed by atoms with van der Waals surface area (Å²) in [5.74, 6) is -0.586. The van der Waals surface area contributed by atoms with Crippen LogP contribution in [0.15, 0.2) is 59.5 Å². The van der Waals surface area contributed by atoms with E-state index in [1.54, 1.807) is 42.5 Å². The summed E-state index contributed by atoms with van der Waals surface area (Å²) in [4.78, 5) is 10.4. The number of carbonyl (C=O) groups is 1. The average molecular weight is 614 g/mol. The highest BCUT2D eigenvalue weighted by Gasteiger charge is 2.19. The summed E-state index contributed by atoms with van der Waals surface area (Å²) >= 11 is 0. The Morgan fingerprint density at radius 1 is 0.829 bits per heavy atom. The molecule has 0 atom stereocenters. The first kappa shape index (κ1) is 34.6. The number of anilines is 7. The van der Waals surface area contributed by atoms with E-state index in [0.717, 1.165) is 11.8 Å². The van der Waals surface area contributed by atoms with Crippen LogP contribution in [0.5, 0.6) is 0 Å². The Hall–Kier alpha value is -4.45. The third-order valence-corrected chi connectivity index (χ3v) is 7.64. The van der Waals surface area contributed by atoms with Gasteiger partial charge < -0.3 is 49.6 Å². The number of hydrogen-bond donors (Lipinski definition) is 9. The number of rotatable bonds is 8. The molecule has 3 aromatic carbocycles. The summed E-state index contributed by atoms with van der Waals surface area (Å²) in [5, 5.41) is 11.5. The zero-order valence-corrected chi connectivity index (χ0v) is 23.8. The zero-order chi connectivity index (χ0) is 31.4. The van der Waals surface area contributed by atoms with Gasteiger partial charge in [-0.3, -0.25) is 4.55 Å². The third kappa shape index (κ3) is 11.3. The number of para-hydroxylation sites is 1. The Bertz CT molecular complexity index is 1550. The maximum atomic E-state index is 11.3. The fourth-order valence-electron chi connectivity index (χ4n) is 2.98. The molecule has 0 amide bonds. The molecule has 0 aliphatic heterocycles. The molecule has 0 bridgehead atoms. The lowest BCUT2D eigenvalue weighted by atomic mass is 10.2. The summed E-state index contributed by atoms with van der Waals surface area (Å²) < 4.78 is 57.4. The van der Waals surface area contributed by atoms with Crippen molar-refractivity contribution in [2.45, 2.75) is 4.90 Å². The van der Waals surface area contributed by atoms with Gasteiger partial charge in [-0.15, -0.1) is 0 Å². The molecule has 15 N–H and O–H groups in total. The lowest BCUT2D eigenvalue weighted by Gasteiger charge is -2.10. The molecule has 15 nitrogen and oxygen atoms in total. The summed E-state index contributed by atoms with van der Waals surface area (Å²) in [6, 6.07) is 14.8. The predicted octanol–water partition coefficient (Wildman–Crippen LogP) is 0.405. The van der Waals surface area contributed by atoms with Crippen molar-refractivity contribution in [1.29, 1.82) is 0 Å². The first-order valence-electron chi connectivity index (χ1n) is 11.6. The van der Waals surface area contributed by atoms with Crippen LogP contribution in [0.3, 0.4) is 0 Å². The topological polar surface area (TPSA) is 303 Å². The number of carbonyl (C=O) groups excluding carboxylic acids is 1. The fourth-order valence-corrected chi connectivity index (χ4v) is 4.54. The second-order valence-corrected chi connectivity index (χ2v) is 11.9. The third-order valence-electron chi connectivity index (χ3n) is 5.12. The number of esters is 1. The number of benzene rings is 3. The monoisotopic (exact) mass is 613 g/mol. The van der Waals surface area contributed by atoms with Gasteiger partial charge in [0.1, 0.15) is 4.90 Å². The summed E-state index contributed by atoms with van der Waals surface area (Å²) in [5.41, 5.74) is 34.3. The van der Waals surface area contributed by atoms with Gasteiger partial charge in [0.15, 0.2) is 9.84 Å². The fraction of sp³-hybridized carbons (Fsp3) is 0.208. The SMILES string of the molecule is COC(=O)c1ccccc1N.Nc1cc(S(=O)(=O)O)c(N)c(N)c1N.Nc1cccc(NCCS(=O)(=O)CCO)c1. The van der Waals surface area contributed by atoms with Gasteiger partial charge in [0.05, 0.1) is 53.5 Å². The first-order chi connectivity index (χ1) is 19.0. The molecule has 0 saturated carbocycles. The Kier molecular flexibility index (Phi) is 13.0. The molecule has 3 aromatic rings. The Balaban J connectivity index is 0.000000313. The molecular formula is C24H35N7O8S2. The molecule has 0 unspecified atom stereocenters. The van der Waals surface area contributed by atoms with Crippen LogP contribution in [-0.4, -0.2) is 64.2 Å². The molecule has 0 aromatic heterocycles. The van der Waals surface area contributed by atoms with Gasteiger partial charge in [-0.1, -0.05) is 18.2 Å². The van der Waals surface area contributed by atoms with E-state index < -0.39 is 30.8 Å². The second-order valence-electron chi connectivity index (χ2n) is 8.19. The van der Waals surface area contributed by atoms with Crippen LogP contribution in [0, 0.1) is 0 Å². The minimum absolute atomic E-state index is 0.00234. The molecule has 41 heavy (non-hydrogen) atoms. The van der Waals surface area contributed by atoms with Crippen LogP contribution in [0.2, 0.25) is 0 Å².